The lowest BCUT2D eigenvalue weighted by atomic mass is 10.00. The maximum atomic E-state index is 4.39. The Bertz CT molecular complexity index is 542. The lowest BCUT2D eigenvalue weighted by molar-refractivity contribution is 0.609. The lowest BCUT2D eigenvalue weighted by Crippen LogP contribution is -2.11. The molecule has 3 nitrogen and oxygen atoms in total. The predicted molar refractivity (Wildman–Crippen MR) is 74.8 cm³/mol. The highest BCUT2D eigenvalue weighted by atomic mass is 15.3. The van der Waals surface area contributed by atoms with Gasteiger partial charge < -0.3 is 5.32 Å². The first-order valence-electron chi connectivity index (χ1n) is 6.77. The van der Waals surface area contributed by atoms with Crippen molar-refractivity contribution in [2.45, 2.75) is 32.7 Å². The average Bonchev–Trinajstić information content (AvgIpc) is 2.87. The molecule has 0 radical (unpaired) electrons. The Hall–Kier alpha value is -1.77. The van der Waals surface area contributed by atoms with Crippen LogP contribution in [0.25, 0.3) is 11.3 Å². The van der Waals surface area contributed by atoms with Crippen molar-refractivity contribution in [3.8, 4) is 11.3 Å². The maximum absolute atomic E-state index is 4.39. The number of aryl methyl sites for hydroxylation is 2. The van der Waals surface area contributed by atoms with E-state index in [0.717, 1.165) is 19.5 Å². The van der Waals surface area contributed by atoms with Crippen molar-refractivity contribution in [2.75, 3.05) is 11.9 Å². The largest absolute Gasteiger partial charge is 0.385 e. The molecule has 0 unspecified atom stereocenters. The number of hydrogen-bond donors (Lipinski definition) is 1. The van der Waals surface area contributed by atoms with E-state index in [4.69, 9.17) is 0 Å². The van der Waals surface area contributed by atoms with E-state index in [0.29, 0.717) is 0 Å². The van der Waals surface area contributed by atoms with Gasteiger partial charge in [0.1, 0.15) is 0 Å². The van der Waals surface area contributed by atoms with Crippen LogP contribution in [0, 0.1) is 0 Å². The molecule has 0 saturated carbocycles. The minimum atomic E-state index is 0.979. The third kappa shape index (κ3) is 2.01. The molecular formula is C15H19N3. The SMILES string of the molecule is CCCn1nccc1-c1ccc2c(c1)NCCC2. The third-order valence-corrected chi connectivity index (χ3v) is 3.50. The van der Waals surface area contributed by atoms with Crippen LogP contribution in [-0.4, -0.2) is 16.3 Å². The van der Waals surface area contributed by atoms with Crippen LogP contribution in [0.2, 0.25) is 0 Å². The quantitative estimate of drug-likeness (QED) is 0.893. The van der Waals surface area contributed by atoms with Crippen molar-refractivity contribution >= 4 is 5.69 Å². The molecule has 0 fully saturated rings. The summed E-state index contributed by atoms with van der Waals surface area (Å²) in [5.41, 5.74) is 5.20. The van der Waals surface area contributed by atoms with E-state index < -0.39 is 0 Å². The van der Waals surface area contributed by atoms with Crippen LogP contribution in [0.15, 0.2) is 30.5 Å². The summed E-state index contributed by atoms with van der Waals surface area (Å²) in [4.78, 5) is 0. The van der Waals surface area contributed by atoms with Gasteiger partial charge in [-0.1, -0.05) is 19.1 Å². The molecule has 18 heavy (non-hydrogen) atoms. The van der Waals surface area contributed by atoms with Gasteiger partial charge in [0.25, 0.3) is 0 Å². The molecule has 3 heteroatoms. The van der Waals surface area contributed by atoms with Gasteiger partial charge in [0, 0.05) is 30.5 Å². The minimum Gasteiger partial charge on any atom is -0.385 e. The molecule has 3 rings (SSSR count). The Labute approximate surface area is 108 Å². The highest BCUT2D eigenvalue weighted by Gasteiger charge is 2.11. The van der Waals surface area contributed by atoms with Gasteiger partial charge in [-0.15, -0.1) is 0 Å². The molecule has 1 aromatic heterocycles. The Morgan fingerprint density at radius 2 is 2.28 bits per heavy atom. The molecule has 1 aliphatic heterocycles. The summed E-state index contributed by atoms with van der Waals surface area (Å²) in [6.45, 7) is 4.25. The zero-order chi connectivity index (χ0) is 12.4. The van der Waals surface area contributed by atoms with Gasteiger partial charge in [0.2, 0.25) is 0 Å². The summed E-state index contributed by atoms with van der Waals surface area (Å²) in [6, 6.07) is 8.83. The molecule has 1 aliphatic rings. The van der Waals surface area contributed by atoms with Gasteiger partial charge in [-0.25, -0.2) is 0 Å². The van der Waals surface area contributed by atoms with E-state index >= 15 is 0 Å². The van der Waals surface area contributed by atoms with Gasteiger partial charge in [-0.3, -0.25) is 4.68 Å². The van der Waals surface area contributed by atoms with Crippen LogP contribution < -0.4 is 5.32 Å². The van der Waals surface area contributed by atoms with Gasteiger partial charge in [0.15, 0.2) is 0 Å². The van der Waals surface area contributed by atoms with Crippen molar-refractivity contribution in [3.05, 3.63) is 36.0 Å². The number of nitrogens with zero attached hydrogens (tertiary/aromatic N) is 2. The van der Waals surface area contributed by atoms with E-state index in [1.54, 1.807) is 0 Å². The summed E-state index contributed by atoms with van der Waals surface area (Å²) >= 11 is 0. The van der Waals surface area contributed by atoms with Gasteiger partial charge in [0.05, 0.1) is 5.69 Å². The Morgan fingerprint density at radius 1 is 1.33 bits per heavy atom. The first-order valence-corrected chi connectivity index (χ1v) is 6.77. The fourth-order valence-electron chi connectivity index (χ4n) is 2.59. The monoisotopic (exact) mass is 241 g/mol. The highest BCUT2D eigenvalue weighted by Crippen LogP contribution is 2.28. The number of aromatic nitrogens is 2. The van der Waals surface area contributed by atoms with Gasteiger partial charge >= 0.3 is 0 Å². The number of nitrogens with one attached hydrogen (secondary N) is 1. The minimum absolute atomic E-state index is 0.979. The lowest BCUT2D eigenvalue weighted by Gasteiger charge is -2.19. The molecule has 1 aromatic carbocycles. The molecule has 1 N–H and O–H groups in total. The first-order chi connectivity index (χ1) is 8.88. The molecule has 0 bridgehead atoms. The topological polar surface area (TPSA) is 29.9 Å². The summed E-state index contributed by atoms with van der Waals surface area (Å²) < 4.78 is 2.09. The van der Waals surface area contributed by atoms with E-state index in [9.17, 15) is 0 Å². The van der Waals surface area contributed by atoms with Crippen LogP contribution in [0.4, 0.5) is 5.69 Å². The van der Waals surface area contributed by atoms with E-state index in [1.807, 2.05) is 6.20 Å². The molecule has 0 saturated heterocycles. The zero-order valence-corrected chi connectivity index (χ0v) is 10.8. The molecule has 94 valence electrons. The summed E-state index contributed by atoms with van der Waals surface area (Å²) in [5, 5.41) is 7.88. The second kappa shape index (κ2) is 4.84. The molecular weight excluding hydrogens is 222 g/mol. The fourth-order valence-corrected chi connectivity index (χ4v) is 2.59. The van der Waals surface area contributed by atoms with Crippen molar-refractivity contribution in [1.29, 1.82) is 0 Å². The molecule has 0 amide bonds. The second-order valence-electron chi connectivity index (χ2n) is 4.84. The second-order valence-corrected chi connectivity index (χ2v) is 4.84. The Morgan fingerprint density at radius 3 is 3.17 bits per heavy atom. The van der Waals surface area contributed by atoms with Gasteiger partial charge in [-0.2, -0.15) is 5.10 Å². The third-order valence-electron chi connectivity index (χ3n) is 3.50. The average molecular weight is 241 g/mol. The first kappa shape index (κ1) is 11.3. The Balaban J connectivity index is 1.98. The van der Waals surface area contributed by atoms with E-state index in [-0.39, 0.29) is 0 Å². The number of fused-ring (bicyclic) bond motifs is 1. The maximum Gasteiger partial charge on any atom is 0.0682 e. The predicted octanol–water partition coefficient (Wildman–Crippen LogP) is 3.32. The van der Waals surface area contributed by atoms with Crippen molar-refractivity contribution in [3.63, 3.8) is 0 Å². The smallest absolute Gasteiger partial charge is 0.0682 e. The van der Waals surface area contributed by atoms with Crippen molar-refractivity contribution in [2.24, 2.45) is 0 Å². The van der Waals surface area contributed by atoms with Crippen LogP contribution in [-0.2, 0) is 13.0 Å². The molecule has 0 aliphatic carbocycles. The summed E-state index contributed by atoms with van der Waals surface area (Å²) in [6.07, 6.45) is 5.42. The molecule has 0 atom stereocenters. The number of rotatable bonds is 3. The molecule has 0 spiro atoms. The summed E-state index contributed by atoms with van der Waals surface area (Å²) in [7, 11) is 0. The molecule has 2 aromatic rings. The zero-order valence-electron chi connectivity index (χ0n) is 10.8. The van der Waals surface area contributed by atoms with Crippen LogP contribution in [0.1, 0.15) is 25.3 Å². The van der Waals surface area contributed by atoms with Gasteiger partial charge in [-0.05, 0) is 37.0 Å². The number of hydrogen-bond acceptors (Lipinski definition) is 2. The van der Waals surface area contributed by atoms with Crippen molar-refractivity contribution in [1.82, 2.24) is 9.78 Å². The van der Waals surface area contributed by atoms with Crippen LogP contribution in [0.3, 0.4) is 0 Å². The fraction of sp³-hybridized carbons (Fsp3) is 0.400. The molecule has 2 heterocycles. The summed E-state index contributed by atoms with van der Waals surface area (Å²) in [5.74, 6) is 0. The number of benzene rings is 1. The van der Waals surface area contributed by atoms with Crippen LogP contribution in [0.5, 0.6) is 0 Å². The highest BCUT2D eigenvalue weighted by molar-refractivity contribution is 5.68. The standard InChI is InChI=1S/C15H19N3/c1-2-10-18-15(7-9-17-18)13-6-5-12-4-3-8-16-14(12)11-13/h5-7,9,11,16H,2-4,8,10H2,1H3. The Kier molecular flexibility index (Phi) is 3.05. The van der Waals surface area contributed by atoms with E-state index in [1.165, 1.54) is 35.3 Å². The number of anilines is 1. The normalized spacial score (nSPS) is 14.1. The van der Waals surface area contributed by atoms with Crippen molar-refractivity contribution < 1.29 is 0 Å². The van der Waals surface area contributed by atoms with Crippen LogP contribution >= 0.6 is 0 Å². The van der Waals surface area contributed by atoms with E-state index in [2.05, 4.69) is 46.3 Å².